The number of benzene rings is 2. The largest absolute Gasteiger partial charge is 0.390 e. The maximum atomic E-state index is 13.0. The number of amides is 1. The number of thioether (sulfide) groups is 1. The van der Waals surface area contributed by atoms with E-state index in [-0.39, 0.29) is 30.2 Å². The van der Waals surface area contributed by atoms with Crippen LogP contribution in [0.1, 0.15) is 15.9 Å². The smallest absolute Gasteiger partial charge is 0.252 e. The summed E-state index contributed by atoms with van der Waals surface area (Å²) in [5.74, 6) is 0.204. The summed E-state index contributed by atoms with van der Waals surface area (Å²) >= 11 is 1.53. The van der Waals surface area contributed by atoms with Gasteiger partial charge in [0.1, 0.15) is 5.82 Å². The van der Waals surface area contributed by atoms with E-state index >= 15 is 0 Å². The second kappa shape index (κ2) is 9.20. The minimum absolute atomic E-state index is 0. The first kappa shape index (κ1) is 19.7. The quantitative estimate of drug-likeness (QED) is 0.696. The molecule has 0 aromatic heterocycles. The molecule has 2 atom stereocenters. The number of halogens is 2. The summed E-state index contributed by atoms with van der Waals surface area (Å²) in [5, 5.41) is 15.7. The number of rotatable bonds is 5. The standard InChI is InChI=1S/C18H19FN2O2S.ClH/c19-13-7-5-12(6-8-13)11-24-17-4-2-1-3-14(17)18(23)21-15-9-20-10-16(15)22;/h1-8,15-16,20,22H,9-11H2,(H,21,23);1H/t15-,16-;/m1./s1. The molecular weight excluding hydrogens is 363 g/mol. The second-order valence-corrected chi connectivity index (χ2v) is 6.73. The normalized spacial score (nSPS) is 19.3. The highest BCUT2D eigenvalue weighted by Crippen LogP contribution is 2.26. The minimum Gasteiger partial charge on any atom is -0.390 e. The molecule has 1 aliphatic heterocycles. The van der Waals surface area contributed by atoms with Crippen molar-refractivity contribution >= 4 is 30.1 Å². The summed E-state index contributed by atoms with van der Waals surface area (Å²) in [6.45, 7) is 1.06. The fraction of sp³-hybridized carbons (Fsp3) is 0.278. The van der Waals surface area contributed by atoms with Crippen molar-refractivity contribution in [1.82, 2.24) is 10.6 Å². The Morgan fingerprint density at radius 3 is 2.60 bits per heavy atom. The van der Waals surface area contributed by atoms with Crippen molar-refractivity contribution in [1.29, 1.82) is 0 Å². The molecular formula is C18H20ClFN2O2S. The molecule has 1 amide bonds. The maximum Gasteiger partial charge on any atom is 0.252 e. The van der Waals surface area contributed by atoms with Crippen LogP contribution in [0.15, 0.2) is 53.4 Å². The van der Waals surface area contributed by atoms with Gasteiger partial charge in [0.2, 0.25) is 0 Å². The van der Waals surface area contributed by atoms with E-state index in [1.165, 1.54) is 23.9 Å². The summed E-state index contributed by atoms with van der Waals surface area (Å²) in [4.78, 5) is 13.4. The Balaban J connectivity index is 0.00000225. The Bertz CT molecular complexity index is 714. The monoisotopic (exact) mass is 382 g/mol. The van der Waals surface area contributed by atoms with Gasteiger partial charge < -0.3 is 15.7 Å². The van der Waals surface area contributed by atoms with Gasteiger partial charge in [-0.25, -0.2) is 4.39 Å². The molecule has 0 saturated carbocycles. The Kier molecular flexibility index (Phi) is 7.25. The third-order valence-corrected chi connectivity index (χ3v) is 5.08. The molecule has 0 spiro atoms. The van der Waals surface area contributed by atoms with Gasteiger partial charge in [0.25, 0.3) is 5.91 Å². The maximum absolute atomic E-state index is 13.0. The van der Waals surface area contributed by atoms with E-state index < -0.39 is 6.10 Å². The third-order valence-electron chi connectivity index (χ3n) is 3.94. The lowest BCUT2D eigenvalue weighted by atomic mass is 10.1. The van der Waals surface area contributed by atoms with Crippen molar-refractivity contribution in [3.8, 4) is 0 Å². The van der Waals surface area contributed by atoms with Crippen LogP contribution in [0, 0.1) is 5.82 Å². The van der Waals surface area contributed by atoms with Gasteiger partial charge >= 0.3 is 0 Å². The molecule has 1 heterocycles. The first-order chi connectivity index (χ1) is 11.6. The SMILES string of the molecule is Cl.O=C(N[C@@H]1CNC[C@H]1O)c1ccccc1SCc1ccc(F)cc1. The molecule has 4 nitrogen and oxygen atoms in total. The van der Waals surface area contributed by atoms with Gasteiger partial charge in [-0.1, -0.05) is 24.3 Å². The molecule has 1 saturated heterocycles. The Labute approximate surface area is 156 Å². The van der Waals surface area contributed by atoms with Crippen LogP contribution in [0.25, 0.3) is 0 Å². The van der Waals surface area contributed by atoms with Crippen LogP contribution >= 0.6 is 24.2 Å². The van der Waals surface area contributed by atoms with Crippen molar-refractivity contribution in [2.24, 2.45) is 0 Å². The number of aliphatic hydroxyl groups excluding tert-OH is 1. The first-order valence-corrected chi connectivity index (χ1v) is 8.78. The molecule has 25 heavy (non-hydrogen) atoms. The number of β-amino-alcohol motifs (C(OH)–C–C–N with tert-alkyl or cyclic N) is 1. The number of carbonyl (C=O) groups is 1. The minimum atomic E-state index is -0.562. The Morgan fingerprint density at radius 2 is 1.92 bits per heavy atom. The average molecular weight is 383 g/mol. The highest BCUT2D eigenvalue weighted by atomic mass is 35.5. The summed E-state index contributed by atoms with van der Waals surface area (Å²) < 4.78 is 13.0. The van der Waals surface area contributed by atoms with E-state index in [0.717, 1.165) is 10.5 Å². The van der Waals surface area contributed by atoms with E-state index in [1.54, 1.807) is 18.2 Å². The average Bonchev–Trinajstić information content (AvgIpc) is 2.99. The predicted octanol–water partition coefficient (Wildman–Crippen LogP) is 2.60. The molecule has 1 fully saturated rings. The van der Waals surface area contributed by atoms with Gasteiger partial charge in [0, 0.05) is 23.7 Å². The molecule has 0 unspecified atom stereocenters. The number of nitrogens with one attached hydrogen (secondary N) is 2. The fourth-order valence-corrected chi connectivity index (χ4v) is 3.59. The molecule has 2 aromatic carbocycles. The zero-order chi connectivity index (χ0) is 16.9. The molecule has 0 radical (unpaired) electrons. The van der Waals surface area contributed by atoms with Crippen molar-refractivity contribution < 1.29 is 14.3 Å². The third kappa shape index (κ3) is 5.19. The zero-order valence-corrected chi connectivity index (χ0v) is 15.1. The Hall–Kier alpha value is -1.60. The molecule has 134 valence electrons. The van der Waals surface area contributed by atoms with E-state index in [9.17, 15) is 14.3 Å². The van der Waals surface area contributed by atoms with E-state index in [2.05, 4.69) is 10.6 Å². The van der Waals surface area contributed by atoms with Crippen LogP contribution < -0.4 is 10.6 Å². The first-order valence-electron chi connectivity index (χ1n) is 7.79. The number of hydrogen-bond acceptors (Lipinski definition) is 4. The Morgan fingerprint density at radius 1 is 1.20 bits per heavy atom. The zero-order valence-electron chi connectivity index (χ0n) is 13.4. The van der Waals surface area contributed by atoms with E-state index in [1.807, 2.05) is 18.2 Å². The van der Waals surface area contributed by atoms with Gasteiger partial charge in [0.15, 0.2) is 0 Å². The number of aliphatic hydroxyl groups is 1. The van der Waals surface area contributed by atoms with E-state index in [4.69, 9.17) is 0 Å². The van der Waals surface area contributed by atoms with Gasteiger partial charge in [-0.3, -0.25) is 4.79 Å². The van der Waals surface area contributed by atoms with Gasteiger partial charge in [-0.2, -0.15) is 0 Å². The second-order valence-electron chi connectivity index (χ2n) is 5.72. The summed E-state index contributed by atoms with van der Waals surface area (Å²) in [6, 6.07) is 13.5. The van der Waals surface area contributed by atoms with E-state index in [0.29, 0.717) is 24.4 Å². The highest BCUT2D eigenvalue weighted by molar-refractivity contribution is 7.98. The number of carbonyl (C=O) groups excluding carboxylic acids is 1. The topological polar surface area (TPSA) is 61.4 Å². The summed E-state index contributed by atoms with van der Waals surface area (Å²) in [6.07, 6.45) is -0.562. The van der Waals surface area contributed by atoms with Crippen molar-refractivity contribution in [2.45, 2.75) is 22.8 Å². The molecule has 3 rings (SSSR count). The van der Waals surface area contributed by atoms with Crippen molar-refractivity contribution in [3.05, 3.63) is 65.5 Å². The summed E-state index contributed by atoms with van der Waals surface area (Å²) in [7, 11) is 0. The van der Waals surface area contributed by atoms with Crippen LogP contribution in [0.2, 0.25) is 0 Å². The van der Waals surface area contributed by atoms with Gasteiger partial charge in [0.05, 0.1) is 17.7 Å². The lowest BCUT2D eigenvalue weighted by Gasteiger charge is -2.16. The van der Waals surface area contributed by atoms with Crippen LogP contribution in [-0.2, 0) is 5.75 Å². The predicted molar refractivity (Wildman–Crippen MR) is 99.8 cm³/mol. The van der Waals surface area contributed by atoms with Crippen LogP contribution in [-0.4, -0.2) is 36.2 Å². The molecule has 3 N–H and O–H groups in total. The molecule has 1 aliphatic rings. The van der Waals surface area contributed by atoms with Crippen LogP contribution in [0.5, 0.6) is 0 Å². The van der Waals surface area contributed by atoms with Gasteiger partial charge in [-0.15, -0.1) is 24.2 Å². The van der Waals surface area contributed by atoms with Crippen molar-refractivity contribution in [3.63, 3.8) is 0 Å². The fourth-order valence-electron chi connectivity index (χ4n) is 2.58. The van der Waals surface area contributed by atoms with Crippen LogP contribution in [0.4, 0.5) is 4.39 Å². The van der Waals surface area contributed by atoms with Crippen molar-refractivity contribution in [2.75, 3.05) is 13.1 Å². The van der Waals surface area contributed by atoms with Crippen LogP contribution in [0.3, 0.4) is 0 Å². The number of hydrogen-bond donors (Lipinski definition) is 3. The molecule has 2 aromatic rings. The summed E-state index contributed by atoms with van der Waals surface area (Å²) in [5.41, 5.74) is 1.58. The molecule has 7 heteroatoms. The highest BCUT2D eigenvalue weighted by Gasteiger charge is 2.27. The molecule has 0 aliphatic carbocycles. The lowest BCUT2D eigenvalue weighted by molar-refractivity contribution is 0.0886. The van der Waals surface area contributed by atoms with Gasteiger partial charge in [-0.05, 0) is 29.8 Å². The molecule has 0 bridgehead atoms. The lowest BCUT2D eigenvalue weighted by Crippen LogP contribution is -2.42.